The minimum absolute atomic E-state index is 0.172. The molecule has 6 heteroatoms. The molecule has 1 aromatic carbocycles. The summed E-state index contributed by atoms with van der Waals surface area (Å²) >= 11 is 0. The molecule has 160 valence electrons. The van der Waals surface area contributed by atoms with Crippen LogP contribution in [-0.4, -0.2) is 59.6 Å². The van der Waals surface area contributed by atoms with E-state index in [1.54, 1.807) is 6.92 Å². The quantitative estimate of drug-likeness (QED) is 0.788. The molecule has 0 bridgehead atoms. The molecule has 3 aliphatic rings. The highest BCUT2D eigenvalue weighted by atomic mass is 16.4. The summed E-state index contributed by atoms with van der Waals surface area (Å²) in [7, 11) is 0. The SMILES string of the molecule is C1CCCC1.CC(=O)N1CC2CN(CCC(NC(=O)O)c3ccccc3)C[C@H]2C1. The lowest BCUT2D eigenvalue weighted by atomic mass is 10.0. The Morgan fingerprint density at radius 3 is 2.03 bits per heavy atom. The molecule has 2 heterocycles. The summed E-state index contributed by atoms with van der Waals surface area (Å²) in [6, 6.07) is 9.54. The standard InChI is InChI=1S/C18H25N3O3.C5H10/c1-13(22)21-11-15-9-20(10-16(15)12-21)8-7-17(19-18(23)24)14-5-3-2-4-6-14;1-2-4-5-3-1/h2-6,15-17,19H,7-12H2,1H3,(H,23,24);1-5H2/t15-,16?,17?;/m0./s1. The monoisotopic (exact) mass is 401 g/mol. The first kappa shape index (κ1) is 21.6. The van der Waals surface area contributed by atoms with E-state index in [0.717, 1.165) is 44.7 Å². The van der Waals surface area contributed by atoms with Gasteiger partial charge < -0.3 is 20.2 Å². The van der Waals surface area contributed by atoms with Gasteiger partial charge in [0, 0.05) is 39.6 Å². The number of hydrogen-bond acceptors (Lipinski definition) is 3. The van der Waals surface area contributed by atoms with E-state index in [9.17, 15) is 9.59 Å². The topological polar surface area (TPSA) is 72.9 Å². The van der Waals surface area contributed by atoms with Crippen LogP contribution >= 0.6 is 0 Å². The fourth-order valence-corrected chi connectivity index (χ4v) is 4.88. The largest absolute Gasteiger partial charge is 0.465 e. The number of amides is 2. The number of carboxylic acid groups (broad SMARTS) is 1. The minimum atomic E-state index is -0.987. The summed E-state index contributed by atoms with van der Waals surface area (Å²) in [5.41, 5.74) is 1.00. The number of carbonyl (C=O) groups is 2. The molecule has 2 aliphatic heterocycles. The lowest BCUT2D eigenvalue weighted by Gasteiger charge is -2.23. The maximum absolute atomic E-state index is 11.5. The number of nitrogens with zero attached hydrogens (tertiary/aromatic N) is 2. The average molecular weight is 402 g/mol. The zero-order chi connectivity index (χ0) is 20.6. The van der Waals surface area contributed by atoms with Gasteiger partial charge in [-0.2, -0.15) is 0 Å². The van der Waals surface area contributed by atoms with Crippen molar-refractivity contribution in [1.82, 2.24) is 15.1 Å². The zero-order valence-corrected chi connectivity index (χ0v) is 17.6. The first-order chi connectivity index (χ1) is 14.0. The molecule has 2 saturated heterocycles. The Morgan fingerprint density at radius 1 is 1.00 bits per heavy atom. The number of hydrogen-bond donors (Lipinski definition) is 2. The van der Waals surface area contributed by atoms with Crippen LogP contribution in [0.2, 0.25) is 0 Å². The second-order valence-corrected chi connectivity index (χ2v) is 8.67. The van der Waals surface area contributed by atoms with Crippen LogP contribution in [-0.2, 0) is 4.79 Å². The van der Waals surface area contributed by atoms with Gasteiger partial charge in [0.1, 0.15) is 0 Å². The lowest BCUT2D eigenvalue weighted by molar-refractivity contribution is -0.128. The van der Waals surface area contributed by atoms with Crippen LogP contribution in [0.4, 0.5) is 4.79 Å². The maximum atomic E-state index is 11.5. The Balaban J connectivity index is 0.000000419. The number of fused-ring (bicyclic) bond motifs is 1. The van der Waals surface area contributed by atoms with Crippen molar-refractivity contribution in [3.63, 3.8) is 0 Å². The van der Waals surface area contributed by atoms with Crippen LogP contribution < -0.4 is 5.32 Å². The van der Waals surface area contributed by atoms with E-state index < -0.39 is 6.09 Å². The van der Waals surface area contributed by atoms with Gasteiger partial charge in [-0.15, -0.1) is 0 Å². The zero-order valence-electron chi connectivity index (χ0n) is 17.6. The van der Waals surface area contributed by atoms with E-state index in [1.807, 2.05) is 35.2 Å². The third-order valence-electron chi connectivity index (χ3n) is 6.49. The third kappa shape index (κ3) is 6.46. The Morgan fingerprint density at radius 2 is 1.55 bits per heavy atom. The van der Waals surface area contributed by atoms with Gasteiger partial charge in [-0.1, -0.05) is 62.4 Å². The Labute approximate surface area is 174 Å². The first-order valence-electron chi connectivity index (χ1n) is 11.0. The van der Waals surface area contributed by atoms with Crippen molar-refractivity contribution in [1.29, 1.82) is 0 Å². The van der Waals surface area contributed by atoms with Gasteiger partial charge in [-0.3, -0.25) is 4.79 Å². The van der Waals surface area contributed by atoms with E-state index in [0.29, 0.717) is 11.8 Å². The van der Waals surface area contributed by atoms with Gasteiger partial charge in [0.25, 0.3) is 0 Å². The van der Waals surface area contributed by atoms with Crippen LogP contribution in [0.3, 0.4) is 0 Å². The summed E-state index contributed by atoms with van der Waals surface area (Å²) in [6.45, 7) is 6.25. The van der Waals surface area contributed by atoms with Gasteiger partial charge in [0.15, 0.2) is 0 Å². The number of carbonyl (C=O) groups excluding carboxylic acids is 1. The molecular formula is C23H35N3O3. The fourth-order valence-electron chi connectivity index (χ4n) is 4.88. The van der Waals surface area contributed by atoms with E-state index in [1.165, 1.54) is 32.1 Å². The number of benzene rings is 1. The van der Waals surface area contributed by atoms with Crippen molar-refractivity contribution < 1.29 is 14.7 Å². The average Bonchev–Trinajstić information content (AvgIpc) is 3.43. The van der Waals surface area contributed by atoms with Crippen molar-refractivity contribution in [2.24, 2.45) is 11.8 Å². The van der Waals surface area contributed by atoms with Crippen LogP contribution in [0.15, 0.2) is 30.3 Å². The predicted molar refractivity (Wildman–Crippen MR) is 114 cm³/mol. The summed E-state index contributed by atoms with van der Waals surface area (Å²) in [5.74, 6) is 1.30. The Bertz CT molecular complexity index is 641. The molecule has 2 amide bonds. The predicted octanol–water partition coefficient (Wildman–Crippen LogP) is 3.75. The van der Waals surface area contributed by atoms with Crippen molar-refractivity contribution in [3.05, 3.63) is 35.9 Å². The summed E-state index contributed by atoms with van der Waals surface area (Å²) in [5, 5.41) is 11.7. The molecule has 3 fully saturated rings. The van der Waals surface area contributed by atoms with Gasteiger partial charge in [0.2, 0.25) is 5.91 Å². The van der Waals surface area contributed by atoms with Gasteiger partial charge in [-0.25, -0.2) is 4.79 Å². The molecule has 0 aromatic heterocycles. The number of rotatable bonds is 5. The van der Waals surface area contributed by atoms with Crippen LogP contribution in [0, 0.1) is 11.8 Å². The Hall–Kier alpha value is -2.08. The van der Waals surface area contributed by atoms with Crippen LogP contribution in [0.5, 0.6) is 0 Å². The fraction of sp³-hybridized carbons (Fsp3) is 0.652. The molecule has 4 rings (SSSR count). The van der Waals surface area contributed by atoms with Crippen LogP contribution in [0.1, 0.15) is 57.1 Å². The smallest absolute Gasteiger partial charge is 0.405 e. The molecule has 3 atom stereocenters. The van der Waals surface area contributed by atoms with Crippen molar-refractivity contribution >= 4 is 12.0 Å². The minimum Gasteiger partial charge on any atom is -0.465 e. The highest BCUT2D eigenvalue weighted by Gasteiger charge is 2.40. The Kier molecular flexibility index (Phi) is 7.92. The molecular weight excluding hydrogens is 366 g/mol. The summed E-state index contributed by atoms with van der Waals surface area (Å²) < 4.78 is 0. The lowest BCUT2D eigenvalue weighted by Crippen LogP contribution is -2.34. The molecule has 29 heavy (non-hydrogen) atoms. The van der Waals surface area contributed by atoms with Gasteiger partial charge in [0.05, 0.1) is 6.04 Å². The van der Waals surface area contributed by atoms with Crippen LogP contribution in [0.25, 0.3) is 0 Å². The van der Waals surface area contributed by atoms with Crippen molar-refractivity contribution in [3.8, 4) is 0 Å². The molecule has 2 unspecified atom stereocenters. The molecule has 1 aliphatic carbocycles. The van der Waals surface area contributed by atoms with E-state index >= 15 is 0 Å². The third-order valence-corrected chi connectivity index (χ3v) is 6.49. The number of nitrogens with one attached hydrogen (secondary N) is 1. The van der Waals surface area contributed by atoms with Crippen molar-refractivity contribution in [2.75, 3.05) is 32.7 Å². The van der Waals surface area contributed by atoms with E-state index in [2.05, 4.69) is 10.2 Å². The number of likely N-dealkylation sites (tertiary alicyclic amines) is 2. The van der Waals surface area contributed by atoms with Gasteiger partial charge >= 0.3 is 6.09 Å². The second-order valence-electron chi connectivity index (χ2n) is 8.67. The van der Waals surface area contributed by atoms with E-state index in [4.69, 9.17) is 5.11 Å². The highest BCUT2D eigenvalue weighted by molar-refractivity contribution is 5.73. The molecule has 6 nitrogen and oxygen atoms in total. The van der Waals surface area contributed by atoms with Crippen molar-refractivity contribution in [2.45, 2.75) is 51.5 Å². The second kappa shape index (κ2) is 10.6. The molecule has 0 spiro atoms. The highest BCUT2D eigenvalue weighted by Crippen LogP contribution is 2.31. The molecule has 0 radical (unpaired) electrons. The first-order valence-corrected chi connectivity index (χ1v) is 11.0. The maximum Gasteiger partial charge on any atom is 0.405 e. The molecule has 1 saturated carbocycles. The normalized spacial score (nSPS) is 24.5. The molecule has 2 N–H and O–H groups in total. The summed E-state index contributed by atoms with van der Waals surface area (Å²) in [6.07, 6.45) is 7.27. The van der Waals surface area contributed by atoms with Gasteiger partial charge in [-0.05, 0) is 23.8 Å². The molecule has 1 aromatic rings. The van der Waals surface area contributed by atoms with E-state index in [-0.39, 0.29) is 11.9 Å². The summed E-state index contributed by atoms with van der Waals surface area (Å²) in [4.78, 5) is 26.9.